The molecule has 0 heterocycles. The quantitative estimate of drug-likeness (QED) is 0.554. The average molecular weight is 321 g/mol. The molecule has 1 aromatic carbocycles. The van der Waals surface area contributed by atoms with E-state index in [1.165, 1.54) is 0 Å². The van der Waals surface area contributed by atoms with E-state index >= 15 is 0 Å². The van der Waals surface area contributed by atoms with E-state index in [-0.39, 0.29) is 0 Å². The Morgan fingerprint density at radius 1 is 1.35 bits per heavy atom. The Balaban J connectivity index is 2.71. The topological polar surface area (TPSA) is 12.5 Å². The fraction of sp³-hybridized carbons (Fsp3) is 0.538. The predicted molar refractivity (Wildman–Crippen MR) is 78.5 cm³/mol. The lowest BCUT2D eigenvalue weighted by atomic mass is 10.2. The first-order valence-corrected chi connectivity index (χ1v) is 7.39. The first kappa shape index (κ1) is 14.8. The molecule has 96 valence electrons. The van der Waals surface area contributed by atoms with Crippen LogP contribution in [0.2, 0.25) is 5.02 Å². The number of likely N-dealkylation sites (N-methyl/N-ethyl adjacent to an activating group) is 1. The van der Waals surface area contributed by atoms with E-state index in [1.54, 1.807) is 0 Å². The molecule has 0 amide bonds. The van der Waals surface area contributed by atoms with Crippen molar-refractivity contribution in [2.75, 3.05) is 31.2 Å². The summed E-state index contributed by atoms with van der Waals surface area (Å²) >= 11 is 9.62. The van der Waals surface area contributed by atoms with Gasteiger partial charge in [0.2, 0.25) is 0 Å². The van der Waals surface area contributed by atoms with Gasteiger partial charge in [-0.2, -0.15) is 0 Å². The van der Waals surface area contributed by atoms with E-state index in [0.29, 0.717) is 0 Å². The molecular formula is C13H19BrClNO. The highest BCUT2D eigenvalue weighted by atomic mass is 79.9. The third-order valence-corrected chi connectivity index (χ3v) is 3.59. The van der Waals surface area contributed by atoms with Gasteiger partial charge in [-0.1, -0.05) is 33.6 Å². The van der Waals surface area contributed by atoms with Gasteiger partial charge in [-0.15, -0.1) is 0 Å². The van der Waals surface area contributed by atoms with Crippen molar-refractivity contribution in [3.63, 3.8) is 0 Å². The second kappa shape index (κ2) is 7.96. The number of hydrogen-bond donors (Lipinski definition) is 0. The minimum atomic E-state index is 0.752. The van der Waals surface area contributed by atoms with Gasteiger partial charge in [-0.05, 0) is 31.5 Å². The van der Waals surface area contributed by atoms with E-state index in [1.807, 2.05) is 13.0 Å². The number of anilines is 1. The normalized spacial score (nSPS) is 10.6. The standard InChI is InChI=1S/C13H19BrClNO/c1-3-16(7-8-17-4-2)12-6-5-11(10-14)13(15)9-12/h5-6,9H,3-4,7-8,10H2,1-2H3. The molecule has 0 radical (unpaired) electrons. The molecule has 0 aliphatic rings. The molecule has 0 bridgehead atoms. The Morgan fingerprint density at radius 2 is 2.12 bits per heavy atom. The monoisotopic (exact) mass is 319 g/mol. The maximum absolute atomic E-state index is 6.20. The summed E-state index contributed by atoms with van der Waals surface area (Å²) in [7, 11) is 0. The van der Waals surface area contributed by atoms with E-state index in [2.05, 4.69) is 39.9 Å². The van der Waals surface area contributed by atoms with Crippen molar-refractivity contribution in [2.45, 2.75) is 19.2 Å². The first-order chi connectivity index (χ1) is 8.22. The van der Waals surface area contributed by atoms with Gasteiger partial charge in [0.15, 0.2) is 0 Å². The fourth-order valence-electron chi connectivity index (χ4n) is 1.63. The molecule has 0 aliphatic carbocycles. The van der Waals surface area contributed by atoms with Crippen LogP contribution < -0.4 is 4.90 Å². The maximum Gasteiger partial charge on any atom is 0.0641 e. The minimum absolute atomic E-state index is 0.752. The molecule has 0 aliphatic heterocycles. The Labute approximate surface area is 117 Å². The van der Waals surface area contributed by atoms with Crippen molar-refractivity contribution in [1.82, 2.24) is 0 Å². The lowest BCUT2D eigenvalue weighted by Crippen LogP contribution is -2.27. The van der Waals surface area contributed by atoms with Crippen molar-refractivity contribution >= 4 is 33.2 Å². The summed E-state index contributed by atoms with van der Waals surface area (Å²) in [4.78, 5) is 2.26. The van der Waals surface area contributed by atoms with E-state index < -0.39 is 0 Å². The number of alkyl halides is 1. The zero-order valence-electron chi connectivity index (χ0n) is 10.4. The van der Waals surface area contributed by atoms with Crippen LogP contribution >= 0.6 is 27.5 Å². The molecule has 0 saturated heterocycles. The minimum Gasteiger partial charge on any atom is -0.380 e. The lowest BCUT2D eigenvalue weighted by Gasteiger charge is -2.23. The van der Waals surface area contributed by atoms with Crippen molar-refractivity contribution in [2.24, 2.45) is 0 Å². The van der Waals surface area contributed by atoms with Crippen LogP contribution in [0.5, 0.6) is 0 Å². The zero-order chi connectivity index (χ0) is 12.7. The number of nitrogens with zero attached hydrogens (tertiary/aromatic N) is 1. The highest BCUT2D eigenvalue weighted by molar-refractivity contribution is 9.08. The summed E-state index contributed by atoms with van der Waals surface area (Å²) in [6.45, 7) is 7.52. The molecule has 17 heavy (non-hydrogen) atoms. The highest BCUT2D eigenvalue weighted by Gasteiger charge is 2.06. The zero-order valence-corrected chi connectivity index (χ0v) is 12.7. The summed E-state index contributed by atoms with van der Waals surface area (Å²) in [6, 6.07) is 6.20. The van der Waals surface area contributed by atoms with Gasteiger partial charge in [-0.3, -0.25) is 0 Å². The van der Waals surface area contributed by atoms with Crippen LogP contribution in [0.25, 0.3) is 0 Å². The second-order valence-corrected chi connectivity index (χ2v) is 4.65. The molecular weight excluding hydrogens is 302 g/mol. The Morgan fingerprint density at radius 3 is 2.65 bits per heavy atom. The van der Waals surface area contributed by atoms with Crippen molar-refractivity contribution in [3.05, 3.63) is 28.8 Å². The van der Waals surface area contributed by atoms with Crippen LogP contribution in [-0.2, 0) is 10.1 Å². The predicted octanol–water partition coefficient (Wildman–Crippen LogP) is 4.10. The molecule has 4 heteroatoms. The van der Waals surface area contributed by atoms with Gasteiger partial charge >= 0.3 is 0 Å². The summed E-state index contributed by atoms with van der Waals surface area (Å²) in [6.07, 6.45) is 0. The third kappa shape index (κ3) is 4.49. The van der Waals surface area contributed by atoms with Crippen LogP contribution in [-0.4, -0.2) is 26.3 Å². The van der Waals surface area contributed by atoms with Gasteiger partial charge in [0.1, 0.15) is 0 Å². The van der Waals surface area contributed by atoms with Crippen LogP contribution in [0.15, 0.2) is 18.2 Å². The van der Waals surface area contributed by atoms with Gasteiger partial charge in [0.05, 0.1) is 6.61 Å². The van der Waals surface area contributed by atoms with Crippen LogP contribution in [0.3, 0.4) is 0 Å². The number of hydrogen-bond acceptors (Lipinski definition) is 2. The number of benzene rings is 1. The molecule has 0 aromatic heterocycles. The number of ether oxygens (including phenoxy) is 1. The second-order valence-electron chi connectivity index (χ2n) is 3.69. The smallest absolute Gasteiger partial charge is 0.0641 e. The Bertz CT molecular complexity index is 346. The Hall–Kier alpha value is -0.250. The van der Waals surface area contributed by atoms with Crippen LogP contribution in [0.1, 0.15) is 19.4 Å². The highest BCUT2D eigenvalue weighted by Crippen LogP contribution is 2.25. The van der Waals surface area contributed by atoms with Gasteiger partial charge < -0.3 is 9.64 Å². The van der Waals surface area contributed by atoms with Gasteiger partial charge in [0.25, 0.3) is 0 Å². The van der Waals surface area contributed by atoms with E-state index in [4.69, 9.17) is 16.3 Å². The van der Waals surface area contributed by atoms with Crippen molar-refractivity contribution in [1.29, 1.82) is 0 Å². The van der Waals surface area contributed by atoms with Crippen LogP contribution in [0.4, 0.5) is 5.69 Å². The number of halogens is 2. The van der Waals surface area contributed by atoms with Gasteiger partial charge in [0, 0.05) is 35.7 Å². The molecule has 1 aromatic rings. The maximum atomic E-state index is 6.20. The lowest BCUT2D eigenvalue weighted by molar-refractivity contribution is 0.154. The molecule has 0 spiro atoms. The molecule has 0 N–H and O–H groups in total. The third-order valence-electron chi connectivity index (χ3n) is 2.64. The van der Waals surface area contributed by atoms with Crippen molar-refractivity contribution < 1.29 is 4.74 Å². The fourth-order valence-corrected chi connectivity index (χ4v) is 2.52. The first-order valence-electron chi connectivity index (χ1n) is 5.90. The number of rotatable bonds is 7. The molecule has 2 nitrogen and oxygen atoms in total. The SMILES string of the molecule is CCOCCN(CC)c1ccc(CBr)c(Cl)c1. The molecule has 0 saturated carbocycles. The molecule has 1 rings (SSSR count). The van der Waals surface area contributed by atoms with Gasteiger partial charge in [-0.25, -0.2) is 0 Å². The molecule has 0 unspecified atom stereocenters. The Kier molecular flexibility index (Phi) is 6.93. The van der Waals surface area contributed by atoms with Crippen molar-refractivity contribution in [3.8, 4) is 0 Å². The largest absolute Gasteiger partial charge is 0.380 e. The van der Waals surface area contributed by atoms with Crippen LogP contribution in [0, 0.1) is 0 Å². The molecule has 0 fully saturated rings. The molecule has 0 atom stereocenters. The average Bonchev–Trinajstić information content (AvgIpc) is 2.35. The van der Waals surface area contributed by atoms with E-state index in [9.17, 15) is 0 Å². The summed E-state index contributed by atoms with van der Waals surface area (Å²) in [5.74, 6) is 0. The summed E-state index contributed by atoms with van der Waals surface area (Å²) < 4.78 is 5.38. The summed E-state index contributed by atoms with van der Waals surface area (Å²) in [5, 5.41) is 1.60. The van der Waals surface area contributed by atoms with E-state index in [0.717, 1.165) is 47.9 Å². The summed E-state index contributed by atoms with van der Waals surface area (Å²) in [5.41, 5.74) is 2.28.